The summed E-state index contributed by atoms with van der Waals surface area (Å²) in [4.78, 5) is 51.6. The summed E-state index contributed by atoms with van der Waals surface area (Å²) in [5, 5.41) is 7.69. The van der Waals surface area contributed by atoms with E-state index in [1.165, 1.54) is 28.7 Å². The number of nitrogens with zero attached hydrogens (tertiary/aromatic N) is 3. The Morgan fingerprint density at radius 3 is 2.49 bits per heavy atom. The lowest BCUT2D eigenvalue weighted by Gasteiger charge is -2.53. The molecule has 3 aliphatic rings. The number of aryl methyl sites for hydroxylation is 2. The van der Waals surface area contributed by atoms with Gasteiger partial charge in [0.1, 0.15) is 11.6 Å². The van der Waals surface area contributed by atoms with Gasteiger partial charge in [-0.1, -0.05) is 12.1 Å². The van der Waals surface area contributed by atoms with Crippen molar-refractivity contribution in [2.24, 2.45) is 5.41 Å². The van der Waals surface area contributed by atoms with Crippen LogP contribution in [0.25, 0.3) is 9.75 Å². The predicted octanol–water partition coefficient (Wildman–Crippen LogP) is 7.95. The molecule has 0 bridgehead atoms. The summed E-state index contributed by atoms with van der Waals surface area (Å²) >= 11 is 2.87. The van der Waals surface area contributed by atoms with Crippen molar-refractivity contribution in [2.45, 2.75) is 33.1 Å². The Hall–Kier alpha value is -4.91. The summed E-state index contributed by atoms with van der Waals surface area (Å²) in [6.07, 6.45) is 4.41. The fourth-order valence-electron chi connectivity index (χ4n) is 7.20. The monoisotopic (exact) mass is 721 g/mol. The number of halogens is 1. The number of hydrogen-bond donors (Lipinski definition) is 2. The first-order chi connectivity index (χ1) is 24.7. The van der Waals surface area contributed by atoms with E-state index < -0.39 is 5.82 Å². The zero-order valence-corrected chi connectivity index (χ0v) is 29.9. The fraction of sp³-hybridized carbons (Fsp3) is 0.282. The van der Waals surface area contributed by atoms with Crippen molar-refractivity contribution in [3.8, 4) is 9.75 Å². The third kappa shape index (κ3) is 6.32. The summed E-state index contributed by atoms with van der Waals surface area (Å²) in [5.74, 6) is -0.544. The quantitative estimate of drug-likeness (QED) is 0.185. The molecule has 2 aromatic carbocycles. The number of carbonyl (C=O) groups is 3. The summed E-state index contributed by atoms with van der Waals surface area (Å²) in [6.45, 7) is 7.40. The lowest BCUT2D eigenvalue weighted by Crippen LogP contribution is -2.59. The van der Waals surface area contributed by atoms with Crippen LogP contribution < -0.4 is 20.4 Å². The Balaban J connectivity index is 0.960. The van der Waals surface area contributed by atoms with Crippen LogP contribution in [0.5, 0.6) is 0 Å². The zero-order valence-electron chi connectivity index (χ0n) is 28.3. The highest BCUT2D eigenvalue weighted by Gasteiger charge is 2.45. The van der Waals surface area contributed by atoms with Crippen molar-refractivity contribution in [3.63, 3.8) is 0 Å². The van der Waals surface area contributed by atoms with E-state index in [4.69, 9.17) is 4.74 Å². The third-order valence-electron chi connectivity index (χ3n) is 10.0. The summed E-state index contributed by atoms with van der Waals surface area (Å²) in [6, 6.07) is 17.3. The van der Waals surface area contributed by atoms with E-state index in [2.05, 4.69) is 20.5 Å². The predicted molar refractivity (Wildman–Crippen MR) is 200 cm³/mol. The molecule has 9 nitrogen and oxygen atoms in total. The third-order valence-corrected chi connectivity index (χ3v) is 12.3. The standard InChI is InChI=1S/C39H36FN5O4S2/c1-23-18-28(35(41-20-23)44-21-39(22-44)12-15-49-16-13-39)36(46)42-27-8-6-25(7-9-27)38(48)45-14-10-26-19-31(51-33(26)34-30(45)11-17-50-34)37(47)43-32-24(2)4-3-5-29(32)40/h3-9,11,17-20H,10,12-16,21-22H2,1-2H3,(H,42,46)(H,43,47). The van der Waals surface area contributed by atoms with Crippen LogP contribution in [-0.2, 0) is 11.2 Å². The molecular weight excluding hydrogens is 686 g/mol. The number of fused-ring (bicyclic) bond motifs is 3. The first-order valence-electron chi connectivity index (χ1n) is 17.0. The van der Waals surface area contributed by atoms with Gasteiger partial charge in [-0.05, 0) is 104 Å². The number of amides is 3. The number of nitrogens with one attached hydrogen (secondary N) is 2. The molecule has 8 rings (SSSR count). The highest BCUT2D eigenvalue weighted by atomic mass is 32.1. The molecular formula is C39H36FN5O4S2. The highest BCUT2D eigenvalue weighted by Crippen LogP contribution is 2.46. The van der Waals surface area contributed by atoms with Gasteiger partial charge in [-0.2, -0.15) is 0 Å². The second-order valence-corrected chi connectivity index (χ2v) is 15.5. The van der Waals surface area contributed by atoms with E-state index in [0.29, 0.717) is 46.0 Å². The molecule has 2 fully saturated rings. The van der Waals surface area contributed by atoms with Crippen molar-refractivity contribution in [1.82, 2.24) is 4.98 Å². The normalized spacial score (nSPS) is 16.1. The molecule has 5 aromatic rings. The van der Waals surface area contributed by atoms with E-state index >= 15 is 0 Å². The molecule has 0 saturated carbocycles. The van der Waals surface area contributed by atoms with Crippen LogP contribution >= 0.6 is 22.7 Å². The number of thiophene rings is 2. The van der Waals surface area contributed by atoms with Gasteiger partial charge in [-0.3, -0.25) is 14.4 Å². The Bertz CT molecular complexity index is 2140. The molecule has 3 aromatic heterocycles. The van der Waals surface area contributed by atoms with Crippen LogP contribution in [0.1, 0.15) is 59.9 Å². The van der Waals surface area contributed by atoms with Crippen molar-refractivity contribution in [3.05, 3.63) is 111 Å². The molecule has 0 atom stereocenters. The first-order valence-corrected chi connectivity index (χ1v) is 18.7. The largest absolute Gasteiger partial charge is 0.381 e. The lowest BCUT2D eigenvalue weighted by molar-refractivity contribution is -0.000511. The average molecular weight is 722 g/mol. The van der Waals surface area contributed by atoms with Crippen LogP contribution in [0.4, 0.5) is 27.3 Å². The maximum absolute atomic E-state index is 14.4. The molecule has 260 valence electrons. The molecule has 2 N–H and O–H groups in total. The van der Waals surface area contributed by atoms with Crippen molar-refractivity contribution >= 4 is 63.3 Å². The topological polar surface area (TPSA) is 104 Å². The molecule has 0 aliphatic carbocycles. The van der Waals surface area contributed by atoms with Crippen LogP contribution in [0.2, 0.25) is 0 Å². The number of carbonyl (C=O) groups excluding carboxylic acids is 3. The van der Waals surface area contributed by atoms with Gasteiger partial charge in [-0.15, -0.1) is 22.7 Å². The minimum Gasteiger partial charge on any atom is -0.381 e. The van der Waals surface area contributed by atoms with E-state index in [9.17, 15) is 18.8 Å². The van der Waals surface area contributed by atoms with Gasteiger partial charge in [0.25, 0.3) is 17.7 Å². The fourth-order valence-corrected chi connectivity index (χ4v) is 9.39. The molecule has 3 aliphatic heterocycles. The zero-order chi connectivity index (χ0) is 35.3. The van der Waals surface area contributed by atoms with E-state index in [1.807, 2.05) is 30.5 Å². The van der Waals surface area contributed by atoms with E-state index in [1.54, 1.807) is 54.4 Å². The number of pyridine rings is 1. The Labute approximate surface area is 303 Å². The first kappa shape index (κ1) is 33.2. The van der Waals surface area contributed by atoms with Crippen molar-refractivity contribution in [1.29, 1.82) is 0 Å². The van der Waals surface area contributed by atoms with Gasteiger partial charge >= 0.3 is 0 Å². The van der Waals surface area contributed by atoms with Crippen LogP contribution in [0.3, 0.4) is 0 Å². The lowest BCUT2D eigenvalue weighted by atomic mass is 9.73. The molecule has 0 radical (unpaired) electrons. The number of para-hydroxylation sites is 1. The number of hydrogen-bond acceptors (Lipinski definition) is 8. The molecule has 12 heteroatoms. The van der Waals surface area contributed by atoms with E-state index in [-0.39, 0.29) is 28.8 Å². The second-order valence-electron chi connectivity index (χ2n) is 13.6. The van der Waals surface area contributed by atoms with Crippen LogP contribution in [0, 0.1) is 25.1 Å². The maximum Gasteiger partial charge on any atom is 0.265 e. The van der Waals surface area contributed by atoms with Gasteiger partial charge in [0.15, 0.2) is 0 Å². The Morgan fingerprint density at radius 1 is 0.941 bits per heavy atom. The number of aromatic nitrogens is 1. The summed E-state index contributed by atoms with van der Waals surface area (Å²) in [5.41, 5.74) is 5.34. The SMILES string of the molecule is Cc1cnc(N2CC3(CCOCC3)C2)c(C(=O)Nc2ccc(C(=O)N3CCc4cc(C(=O)Nc5c(C)cccc5F)sc4-c4sccc43)cc2)c1. The van der Waals surface area contributed by atoms with Gasteiger partial charge < -0.3 is 25.2 Å². The van der Waals surface area contributed by atoms with Gasteiger partial charge in [0.2, 0.25) is 0 Å². The second kappa shape index (κ2) is 13.3. The van der Waals surface area contributed by atoms with E-state index in [0.717, 1.165) is 65.7 Å². The maximum atomic E-state index is 14.4. The summed E-state index contributed by atoms with van der Waals surface area (Å²) in [7, 11) is 0. The Morgan fingerprint density at radius 2 is 1.73 bits per heavy atom. The number of ether oxygens (including phenoxy) is 1. The Kier molecular flexibility index (Phi) is 8.69. The molecule has 2 saturated heterocycles. The number of anilines is 4. The minimum atomic E-state index is -0.477. The van der Waals surface area contributed by atoms with Gasteiger partial charge in [-0.25, -0.2) is 9.37 Å². The van der Waals surface area contributed by atoms with Gasteiger partial charge in [0, 0.05) is 55.7 Å². The highest BCUT2D eigenvalue weighted by molar-refractivity contribution is 7.23. The molecule has 1 spiro atoms. The number of benzene rings is 2. The molecule has 51 heavy (non-hydrogen) atoms. The molecule has 0 unspecified atom stereocenters. The van der Waals surface area contributed by atoms with Crippen molar-refractivity contribution in [2.75, 3.05) is 53.3 Å². The average Bonchev–Trinajstić information content (AvgIpc) is 3.74. The smallest absolute Gasteiger partial charge is 0.265 e. The minimum absolute atomic E-state index is 0.152. The van der Waals surface area contributed by atoms with Crippen LogP contribution in [-0.4, -0.2) is 55.6 Å². The molecule has 3 amide bonds. The molecule has 6 heterocycles. The summed E-state index contributed by atoms with van der Waals surface area (Å²) < 4.78 is 20.0. The van der Waals surface area contributed by atoms with Crippen LogP contribution in [0.15, 0.2) is 72.2 Å². The van der Waals surface area contributed by atoms with Crippen molar-refractivity contribution < 1.29 is 23.5 Å². The number of rotatable bonds is 6. The van der Waals surface area contributed by atoms with Gasteiger partial charge in [0.05, 0.1) is 31.6 Å².